The summed E-state index contributed by atoms with van der Waals surface area (Å²) in [6.45, 7) is 2.26. The van der Waals surface area contributed by atoms with Crippen molar-refractivity contribution >= 4 is 34.0 Å². The molecule has 2 atom stereocenters. The smallest absolute Gasteiger partial charge is 0.259 e. The second-order valence-corrected chi connectivity index (χ2v) is 7.21. The zero-order valence-corrected chi connectivity index (χ0v) is 15.7. The Kier molecular flexibility index (Phi) is 4.87. The van der Waals surface area contributed by atoms with Crippen LogP contribution in [0.4, 0.5) is 5.69 Å². The molecular weight excluding hydrogens is 362 g/mol. The number of benzene rings is 3. The molecule has 1 amide bonds. The summed E-state index contributed by atoms with van der Waals surface area (Å²) in [5, 5.41) is 13.1. The van der Waals surface area contributed by atoms with E-state index in [1.54, 1.807) is 4.90 Å². The fourth-order valence-electron chi connectivity index (χ4n) is 3.51. The second kappa shape index (κ2) is 7.31. The summed E-state index contributed by atoms with van der Waals surface area (Å²) in [4.78, 5) is 14.4. The van der Waals surface area contributed by atoms with E-state index >= 15 is 0 Å². The predicted molar refractivity (Wildman–Crippen MR) is 107 cm³/mol. The largest absolute Gasteiger partial charge is 0.389 e. The summed E-state index contributed by atoms with van der Waals surface area (Å²) in [5.74, 6) is -0.0772. The number of amides is 1. The topological polar surface area (TPSA) is 49.8 Å². The molecule has 0 aliphatic carbocycles. The fraction of sp³-hybridized carbons (Fsp3) is 0.227. The average molecular weight is 382 g/mol. The van der Waals surface area contributed by atoms with Gasteiger partial charge < -0.3 is 14.7 Å². The minimum Gasteiger partial charge on any atom is -0.389 e. The van der Waals surface area contributed by atoms with Crippen molar-refractivity contribution < 1.29 is 14.6 Å². The van der Waals surface area contributed by atoms with Gasteiger partial charge in [0.25, 0.3) is 5.91 Å². The number of hydrogen-bond acceptors (Lipinski definition) is 3. The zero-order chi connectivity index (χ0) is 19.0. The Morgan fingerprint density at radius 3 is 2.52 bits per heavy atom. The van der Waals surface area contributed by atoms with Crippen LogP contribution < -0.4 is 4.90 Å². The van der Waals surface area contributed by atoms with Gasteiger partial charge in [0, 0.05) is 16.0 Å². The van der Waals surface area contributed by atoms with Crippen LogP contribution in [0.1, 0.15) is 28.9 Å². The predicted octanol–water partition coefficient (Wildman–Crippen LogP) is 4.59. The van der Waals surface area contributed by atoms with Gasteiger partial charge in [0.1, 0.15) is 0 Å². The summed E-state index contributed by atoms with van der Waals surface area (Å²) in [6.07, 6.45) is -0.958. The molecule has 0 bridgehead atoms. The van der Waals surface area contributed by atoms with Crippen LogP contribution in [-0.4, -0.2) is 30.3 Å². The third kappa shape index (κ3) is 3.44. The molecule has 4 nitrogen and oxygen atoms in total. The van der Waals surface area contributed by atoms with E-state index in [-0.39, 0.29) is 25.2 Å². The first-order valence-corrected chi connectivity index (χ1v) is 9.31. The molecule has 1 aliphatic heterocycles. The third-order valence-electron chi connectivity index (χ3n) is 4.92. The Bertz CT molecular complexity index is 981. The maximum Gasteiger partial charge on any atom is 0.259 e. The first-order valence-electron chi connectivity index (χ1n) is 8.93. The normalized spacial score (nSPS) is 15.4. The van der Waals surface area contributed by atoms with E-state index in [0.29, 0.717) is 10.6 Å². The summed E-state index contributed by atoms with van der Waals surface area (Å²) in [5.41, 5.74) is 2.52. The maximum atomic E-state index is 12.8. The minimum atomic E-state index is -0.784. The van der Waals surface area contributed by atoms with Crippen molar-refractivity contribution in [2.75, 3.05) is 18.1 Å². The maximum absolute atomic E-state index is 12.8. The third-order valence-corrected chi connectivity index (χ3v) is 5.17. The van der Waals surface area contributed by atoms with Gasteiger partial charge in [0.15, 0.2) is 0 Å². The monoisotopic (exact) mass is 381 g/mol. The van der Waals surface area contributed by atoms with Crippen molar-refractivity contribution in [2.45, 2.75) is 19.1 Å². The molecule has 5 heteroatoms. The van der Waals surface area contributed by atoms with Crippen molar-refractivity contribution in [1.29, 1.82) is 0 Å². The van der Waals surface area contributed by atoms with Gasteiger partial charge in [-0.05, 0) is 42.1 Å². The highest BCUT2D eigenvalue weighted by molar-refractivity contribution is 6.30. The molecule has 0 radical (unpaired) electrons. The number of aliphatic hydroxyl groups is 1. The summed E-state index contributed by atoms with van der Waals surface area (Å²) in [6, 6.07) is 19.0. The van der Waals surface area contributed by atoms with Crippen molar-refractivity contribution in [3.63, 3.8) is 0 Å². The Morgan fingerprint density at radius 1 is 1.07 bits per heavy atom. The van der Waals surface area contributed by atoms with Crippen LogP contribution in [0.5, 0.6) is 0 Å². The van der Waals surface area contributed by atoms with Gasteiger partial charge in [-0.15, -0.1) is 0 Å². The molecule has 138 valence electrons. The number of rotatable bonds is 6. The van der Waals surface area contributed by atoms with Crippen LogP contribution in [0.15, 0.2) is 60.7 Å². The highest BCUT2D eigenvalue weighted by atomic mass is 35.5. The number of aliphatic hydroxyl groups excluding tert-OH is 1. The molecule has 0 fully saturated rings. The van der Waals surface area contributed by atoms with E-state index < -0.39 is 6.10 Å². The zero-order valence-electron chi connectivity index (χ0n) is 14.9. The molecule has 0 saturated heterocycles. The number of halogens is 1. The number of hydrogen-bond donors (Lipinski definition) is 1. The second-order valence-electron chi connectivity index (χ2n) is 6.78. The van der Waals surface area contributed by atoms with Crippen molar-refractivity contribution in [2.24, 2.45) is 0 Å². The van der Waals surface area contributed by atoms with Crippen LogP contribution in [0, 0.1) is 0 Å². The van der Waals surface area contributed by atoms with Gasteiger partial charge in [0.2, 0.25) is 0 Å². The van der Waals surface area contributed by atoms with Gasteiger partial charge in [-0.1, -0.05) is 48.0 Å². The standard InChI is InChI=1S/C22H20ClNO3/c1-14(15-8-10-17(23)11-9-15)27-13-18(25)12-24-20-7-3-5-16-4-2-6-19(21(16)20)22(24)26/h2-11,14,18,25H,12-13H2,1H3/t14-,18+/m0/s1. The van der Waals surface area contributed by atoms with Crippen LogP contribution in [0.3, 0.4) is 0 Å². The summed E-state index contributed by atoms with van der Waals surface area (Å²) in [7, 11) is 0. The van der Waals surface area contributed by atoms with Crippen molar-refractivity contribution in [3.8, 4) is 0 Å². The molecule has 0 unspecified atom stereocenters. The molecule has 1 N–H and O–H groups in total. The lowest BCUT2D eigenvalue weighted by Crippen LogP contribution is -2.37. The number of carbonyl (C=O) groups is 1. The first kappa shape index (κ1) is 18.0. The SMILES string of the molecule is C[C@H](OC[C@H](O)CN1C(=O)c2cccc3cccc1c23)c1ccc(Cl)cc1. The molecule has 1 heterocycles. The van der Waals surface area contributed by atoms with Crippen LogP contribution in [0.25, 0.3) is 10.8 Å². The van der Waals surface area contributed by atoms with Gasteiger partial charge in [-0.25, -0.2) is 0 Å². The van der Waals surface area contributed by atoms with Gasteiger partial charge in [-0.3, -0.25) is 4.79 Å². The van der Waals surface area contributed by atoms with E-state index in [1.165, 1.54) is 0 Å². The van der Waals surface area contributed by atoms with Crippen LogP contribution in [0.2, 0.25) is 5.02 Å². The Hall–Kier alpha value is -2.40. The molecule has 1 aliphatic rings. The Labute approximate surface area is 162 Å². The van der Waals surface area contributed by atoms with Gasteiger partial charge >= 0.3 is 0 Å². The van der Waals surface area contributed by atoms with Crippen LogP contribution >= 0.6 is 11.6 Å². The first-order chi connectivity index (χ1) is 13.0. The van der Waals surface area contributed by atoms with E-state index in [0.717, 1.165) is 22.0 Å². The Balaban J connectivity index is 1.43. The van der Waals surface area contributed by atoms with E-state index in [9.17, 15) is 9.90 Å². The number of carbonyl (C=O) groups excluding carboxylic acids is 1. The molecule has 0 saturated carbocycles. The molecule has 27 heavy (non-hydrogen) atoms. The quantitative estimate of drug-likeness (QED) is 0.679. The molecule has 0 aromatic heterocycles. The number of nitrogens with zero attached hydrogens (tertiary/aromatic N) is 1. The van der Waals surface area contributed by atoms with Gasteiger partial charge in [0.05, 0.1) is 31.0 Å². The lowest BCUT2D eigenvalue weighted by Gasteiger charge is -2.23. The van der Waals surface area contributed by atoms with Crippen molar-refractivity contribution in [3.05, 3.63) is 76.8 Å². The fourth-order valence-corrected chi connectivity index (χ4v) is 3.64. The van der Waals surface area contributed by atoms with Crippen LogP contribution in [-0.2, 0) is 4.74 Å². The van der Waals surface area contributed by atoms with Crippen molar-refractivity contribution in [1.82, 2.24) is 0 Å². The summed E-state index contributed by atoms with van der Waals surface area (Å²) >= 11 is 5.91. The number of ether oxygens (including phenoxy) is 1. The molecule has 3 aromatic carbocycles. The highest BCUT2D eigenvalue weighted by Crippen LogP contribution is 2.37. The lowest BCUT2D eigenvalue weighted by molar-refractivity contribution is 0.000494. The Morgan fingerprint density at radius 2 is 1.78 bits per heavy atom. The van der Waals surface area contributed by atoms with E-state index in [4.69, 9.17) is 16.3 Å². The summed E-state index contributed by atoms with van der Waals surface area (Å²) < 4.78 is 5.79. The molecule has 0 spiro atoms. The van der Waals surface area contributed by atoms with E-state index in [2.05, 4.69) is 0 Å². The minimum absolute atomic E-state index is 0.0772. The lowest BCUT2D eigenvalue weighted by atomic mass is 10.1. The molecule has 4 rings (SSSR count). The van der Waals surface area contributed by atoms with Gasteiger partial charge in [-0.2, -0.15) is 0 Å². The van der Waals surface area contributed by atoms with E-state index in [1.807, 2.05) is 67.6 Å². The number of β-amino-alcohol motifs (C(OH)–C–C–N with tert-alkyl or cyclic N) is 1. The average Bonchev–Trinajstić information content (AvgIpc) is 2.95. The number of anilines is 1. The highest BCUT2D eigenvalue weighted by Gasteiger charge is 2.30. The molecular formula is C22H20ClNO3. The molecule has 3 aromatic rings.